The summed E-state index contributed by atoms with van der Waals surface area (Å²) < 4.78 is 59.3. The van der Waals surface area contributed by atoms with Crippen molar-refractivity contribution in [3.8, 4) is 10.6 Å². The van der Waals surface area contributed by atoms with Gasteiger partial charge >= 0.3 is 11.9 Å². The fraction of sp³-hybridized carbons (Fsp3) is 0.200. The molecule has 1 aromatic carbocycles. The van der Waals surface area contributed by atoms with Crippen LogP contribution in [0.5, 0.6) is 0 Å². The Morgan fingerprint density at radius 2 is 1.97 bits per heavy atom. The van der Waals surface area contributed by atoms with Gasteiger partial charge in [-0.3, -0.25) is 0 Å². The number of aliphatic carboxylic acids is 1. The van der Waals surface area contributed by atoms with Gasteiger partial charge in [0.2, 0.25) is 5.76 Å². The molecular weight excluding hydrogens is 450 g/mol. The van der Waals surface area contributed by atoms with Crippen LogP contribution in [-0.2, 0) is 20.7 Å². The Kier molecular flexibility index (Phi) is 4.87. The number of thiophene rings is 1. The number of hydrogen-bond donors (Lipinski definition) is 2. The van der Waals surface area contributed by atoms with Gasteiger partial charge in [0.25, 0.3) is 10.0 Å². The van der Waals surface area contributed by atoms with E-state index in [1.54, 1.807) is 30.3 Å². The zero-order chi connectivity index (χ0) is 22.6. The number of sulfonamides is 1. The minimum absolute atomic E-state index is 0.0499. The van der Waals surface area contributed by atoms with Crippen molar-refractivity contribution in [2.75, 3.05) is 0 Å². The highest BCUT2D eigenvalue weighted by Crippen LogP contribution is 2.57. The lowest BCUT2D eigenvalue weighted by Crippen LogP contribution is -2.44. The molecule has 31 heavy (non-hydrogen) atoms. The van der Waals surface area contributed by atoms with Crippen molar-refractivity contribution < 1.29 is 31.6 Å². The van der Waals surface area contributed by atoms with Crippen LogP contribution in [0.4, 0.5) is 8.78 Å². The summed E-state index contributed by atoms with van der Waals surface area (Å²) in [6, 6.07) is 12.3. The Balaban J connectivity index is 1.63. The number of nitrogens with one attached hydrogen (secondary N) is 1. The second-order valence-corrected chi connectivity index (χ2v) is 10.2. The van der Waals surface area contributed by atoms with Crippen LogP contribution in [0.1, 0.15) is 24.2 Å². The molecule has 1 fully saturated rings. The Morgan fingerprint density at radius 1 is 1.29 bits per heavy atom. The monoisotopic (exact) mass is 466 g/mol. The molecule has 7 nitrogen and oxygen atoms in total. The van der Waals surface area contributed by atoms with Crippen molar-refractivity contribution in [3.05, 3.63) is 72.0 Å². The van der Waals surface area contributed by atoms with Crippen molar-refractivity contribution in [2.45, 2.75) is 28.5 Å². The number of aromatic nitrogens is 1. The fourth-order valence-corrected chi connectivity index (χ4v) is 6.01. The maximum atomic E-state index is 13.4. The van der Waals surface area contributed by atoms with Crippen molar-refractivity contribution in [3.63, 3.8) is 0 Å². The van der Waals surface area contributed by atoms with Crippen LogP contribution in [0.25, 0.3) is 10.6 Å². The molecular formula is C20H16F2N2O5S2. The number of carboxylic acid groups (broad SMARTS) is 1. The van der Waals surface area contributed by atoms with Crippen LogP contribution in [0.2, 0.25) is 0 Å². The third kappa shape index (κ3) is 3.58. The Bertz CT molecular complexity index is 1280. The van der Waals surface area contributed by atoms with Crippen LogP contribution in [0, 0.1) is 0 Å². The molecule has 11 heteroatoms. The molecule has 0 radical (unpaired) electrons. The molecule has 1 aliphatic carbocycles. The molecule has 1 aliphatic rings. The number of nitrogens with zero attached hydrogens (tertiary/aromatic N) is 1. The SMILES string of the molecule is C=C1[C@H](c2ccccc2)[C@]1(NS(=O)(=O)c1ccc(-c2cc(C(C)(F)F)on2)s1)C(=O)O. The third-order valence-corrected chi connectivity index (χ3v) is 8.08. The smallest absolute Gasteiger partial charge is 0.330 e. The number of benzene rings is 1. The molecule has 162 valence electrons. The summed E-state index contributed by atoms with van der Waals surface area (Å²) in [5.74, 6) is -5.96. The molecule has 0 spiro atoms. The summed E-state index contributed by atoms with van der Waals surface area (Å²) in [7, 11) is -4.26. The lowest BCUT2D eigenvalue weighted by atomic mass is 10.1. The van der Waals surface area contributed by atoms with Crippen LogP contribution in [0.15, 0.2) is 69.4 Å². The lowest BCUT2D eigenvalue weighted by Gasteiger charge is -2.14. The maximum Gasteiger partial charge on any atom is 0.330 e. The van der Waals surface area contributed by atoms with E-state index in [0.717, 1.165) is 17.4 Å². The first-order chi connectivity index (χ1) is 14.5. The maximum absolute atomic E-state index is 13.4. The summed E-state index contributed by atoms with van der Waals surface area (Å²) in [6.07, 6.45) is 0. The number of rotatable bonds is 7. The first-order valence-corrected chi connectivity index (χ1v) is 11.2. The molecule has 0 saturated heterocycles. The highest BCUT2D eigenvalue weighted by molar-refractivity contribution is 7.91. The molecule has 0 bridgehead atoms. The van der Waals surface area contributed by atoms with E-state index in [-0.39, 0.29) is 20.4 Å². The second-order valence-electron chi connectivity index (χ2n) is 7.17. The average molecular weight is 466 g/mol. The van der Waals surface area contributed by atoms with Crippen LogP contribution in [-0.4, -0.2) is 30.2 Å². The molecule has 0 amide bonds. The molecule has 2 heterocycles. The molecule has 4 rings (SSSR count). The number of carbonyl (C=O) groups is 1. The Labute approximate surface area is 180 Å². The van der Waals surface area contributed by atoms with Gasteiger partial charge in [-0.2, -0.15) is 13.5 Å². The van der Waals surface area contributed by atoms with E-state index in [1.807, 2.05) is 0 Å². The molecule has 3 aromatic rings. The lowest BCUT2D eigenvalue weighted by molar-refractivity contribution is -0.139. The standard InChI is InChI=1S/C20H16F2N2O5S2/c1-11-17(12-6-4-3-5-7-12)20(11,18(25)26)24-31(27,28)16-9-8-14(30-16)13-10-15(29-23-13)19(2,21)22/h3-10,17,24H,1H2,2H3,(H,25,26)/t17-,20+/m1/s1. The zero-order valence-corrected chi connectivity index (χ0v) is 17.6. The zero-order valence-electron chi connectivity index (χ0n) is 16.0. The minimum Gasteiger partial charge on any atom is -0.480 e. The molecule has 2 N–H and O–H groups in total. The highest BCUT2D eigenvalue weighted by Gasteiger charge is 2.67. The molecule has 0 aliphatic heterocycles. The van der Waals surface area contributed by atoms with E-state index < -0.39 is 39.1 Å². The number of alkyl halides is 2. The van der Waals surface area contributed by atoms with Gasteiger partial charge in [-0.05, 0) is 23.3 Å². The van der Waals surface area contributed by atoms with E-state index in [0.29, 0.717) is 12.5 Å². The van der Waals surface area contributed by atoms with Crippen LogP contribution < -0.4 is 4.72 Å². The molecule has 0 unspecified atom stereocenters. The van der Waals surface area contributed by atoms with Crippen molar-refractivity contribution in [1.29, 1.82) is 0 Å². The summed E-state index contributed by atoms with van der Waals surface area (Å²) in [6.45, 7) is 4.41. The first-order valence-electron chi connectivity index (χ1n) is 8.93. The second kappa shape index (κ2) is 7.08. The minimum atomic E-state index is -4.26. The van der Waals surface area contributed by atoms with Crippen molar-refractivity contribution in [1.82, 2.24) is 9.88 Å². The van der Waals surface area contributed by atoms with Gasteiger partial charge < -0.3 is 9.63 Å². The summed E-state index contributed by atoms with van der Waals surface area (Å²) in [4.78, 5) is 12.3. The van der Waals surface area contributed by atoms with Gasteiger partial charge in [0.05, 0.1) is 4.88 Å². The van der Waals surface area contributed by atoms with Crippen molar-refractivity contribution >= 4 is 27.3 Å². The van der Waals surface area contributed by atoms with E-state index in [9.17, 15) is 27.1 Å². The fourth-order valence-electron chi connectivity index (χ4n) is 3.38. The highest BCUT2D eigenvalue weighted by atomic mass is 32.2. The van der Waals surface area contributed by atoms with Gasteiger partial charge in [-0.15, -0.1) is 11.3 Å². The van der Waals surface area contributed by atoms with E-state index in [4.69, 9.17) is 0 Å². The summed E-state index contributed by atoms with van der Waals surface area (Å²) >= 11 is 0.755. The van der Waals surface area contributed by atoms with Gasteiger partial charge in [0, 0.05) is 18.9 Å². The molecule has 2 atom stereocenters. The van der Waals surface area contributed by atoms with Gasteiger partial charge in [-0.25, -0.2) is 13.2 Å². The normalized spacial score (nSPS) is 21.3. The largest absolute Gasteiger partial charge is 0.480 e. The average Bonchev–Trinajstić information content (AvgIpc) is 3.13. The number of halogens is 2. The molecule has 1 saturated carbocycles. The predicted octanol–water partition coefficient (Wildman–Crippen LogP) is 3.97. The van der Waals surface area contributed by atoms with Gasteiger partial charge in [0.15, 0.2) is 5.54 Å². The Hall–Kier alpha value is -2.89. The van der Waals surface area contributed by atoms with Crippen LogP contribution >= 0.6 is 11.3 Å². The number of carboxylic acids is 1. The van der Waals surface area contributed by atoms with E-state index >= 15 is 0 Å². The Morgan fingerprint density at radius 3 is 2.55 bits per heavy atom. The first kappa shape index (κ1) is 21.3. The van der Waals surface area contributed by atoms with Gasteiger partial charge in [-0.1, -0.05) is 42.1 Å². The topological polar surface area (TPSA) is 110 Å². The van der Waals surface area contributed by atoms with E-state index in [2.05, 4.69) is 21.0 Å². The predicted molar refractivity (Wildman–Crippen MR) is 108 cm³/mol. The quantitative estimate of drug-likeness (QED) is 0.510. The van der Waals surface area contributed by atoms with Crippen LogP contribution in [0.3, 0.4) is 0 Å². The van der Waals surface area contributed by atoms with Crippen molar-refractivity contribution in [2.24, 2.45) is 0 Å². The molecule has 2 aromatic heterocycles. The summed E-state index contributed by atoms with van der Waals surface area (Å²) in [5.41, 5.74) is -0.970. The van der Waals surface area contributed by atoms with Gasteiger partial charge in [0.1, 0.15) is 9.90 Å². The number of hydrogen-bond acceptors (Lipinski definition) is 6. The summed E-state index contributed by atoms with van der Waals surface area (Å²) in [5, 5.41) is 13.4. The van der Waals surface area contributed by atoms with E-state index in [1.165, 1.54) is 12.1 Å². The third-order valence-electron chi connectivity index (χ3n) is 5.01.